The quantitative estimate of drug-likeness (QED) is 0.423. The van der Waals surface area contributed by atoms with Gasteiger partial charge >= 0.3 is 6.03 Å². The van der Waals surface area contributed by atoms with Gasteiger partial charge in [0.2, 0.25) is 0 Å². The van der Waals surface area contributed by atoms with Crippen molar-refractivity contribution >= 4 is 17.4 Å². The molecule has 0 aliphatic heterocycles. The number of anilines is 1. The van der Waals surface area contributed by atoms with Crippen LogP contribution in [0.4, 0.5) is 16.2 Å². The molecule has 7 heteroatoms. The van der Waals surface area contributed by atoms with Gasteiger partial charge < -0.3 is 10.4 Å². The highest BCUT2D eigenvalue weighted by molar-refractivity contribution is 5.93. The first-order valence-electron chi connectivity index (χ1n) is 5.07. The minimum Gasteiger partial charge on any atom is -0.505 e. The van der Waals surface area contributed by atoms with Gasteiger partial charge in [0.1, 0.15) is 5.75 Å². The molecular weight excluding hydrogens is 226 g/mol. The lowest BCUT2D eigenvalue weighted by atomic mass is 10.2. The van der Waals surface area contributed by atoms with Crippen molar-refractivity contribution in [3.05, 3.63) is 28.3 Å². The first-order chi connectivity index (χ1) is 8.06. The molecule has 0 bridgehead atoms. The molecule has 0 atom stereocenters. The number of para-hydroxylation sites is 1. The number of hydrogen-bond acceptors (Lipinski definition) is 4. The topological polar surface area (TPSA) is 104 Å². The lowest BCUT2D eigenvalue weighted by molar-refractivity contribution is -0.384. The highest BCUT2D eigenvalue weighted by Crippen LogP contribution is 2.32. The van der Waals surface area contributed by atoms with Crippen molar-refractivity contribution in [2.75, 3.05) is 11.9 Å². The predicted octanol–water partition coefficient (Wildman–Crippen LogP) is 1.83. The second kappa shape index (κ2) is 5.69. The molecule has 7 nitrogen and oxygen atoms in total. The minimum atomic E-state index is -0.671. The number of nitrogens with zero attached hydrogens (tertiary/aromatic N) is 1. The molecule has 92 valence electrons. The van der Waals surface area contributed by atoms with E-state index in [4.69, 9.17) is 0 Å². The van der Waals surface area contributed by atoms with Crippen LogP contribution in [0, 0.1) is 10.1 Å². The van der Waals surface area contributed by atoms with Gasteiger partial charge in [-0.05, 0) is 12.5 Å². The van der Waals surface area contributed by atoms with Crippen LogP contribution in [-0.4, -0.2) is 22.6 Å². The van der Waals surface area contributed by atoms with Gasteiger partial charge in [0.05, 0.1) is 4.92 Å². The van der Waals surface area contributed by atoms with E-state index in [1.165, 1.54) is 18.2 Å². The Morgan fingerprint density at radius 1 is 1.53 bits per heavy atom. The van der Waals surface area contributed by atoms with Crippen molar-refractivity contribution in [3.63, 3.8) is 0 Å². The molecule has 0 aromatic heterocycles. The van der Waals surface area contributed by atoms with Gasteiger partial charge in [-0.1, -0.05) is 13.0 Å². The number of rotatable bonds is 4. The number of carbonyl (C=O) groups excluding carboxylic acids is 1. The molecule has 1 rings (SSSR count). The minimum absolute atomic E-state index is 0.203. The number of nitrogens with one attached hydrogen (secondary N) is 2. The number of amides is 2. The Hall–Kier alpha value is -2.31. The summed E-state index contributed by atoms with van der Waals surface area (Å²) in [5.41, 5.74) is -0.553. The monoisotopic (exact) mass is 239 g/mol. The third-order valence-electron chi connectivity index (χ3n) is 1.99. The maximum atomic E-state index is 11.3. The standard InChI is InChI=1S/C10H13N3O4/c1-2-6-11-10(15)12-9-7(13(16)17)4-3-5-8(9)14/h3-5,14H,2,6H2,1H3,(H2,11,12,15). The van der Waals surface area contributed by atoms with Crippen molar-refractivity contribution in [1.29, 1.82) is 0 Å². The first-order valence-corrected chi connectivity index (χ1v) is 5.07. The highest BCUT2D eigenvalue weighted by Gasteiger charge is 2.18. The smallest absolute Gasteiger partial charge is 0.319 e. The molecule has 1 aromatic rings. The van der Waals surface area contributed by atoms with E-state index in [1.807, 2.05) is 6.92 Å². The summed E-state index contributed by atoms with van der Waals surface area (Å²) in [5, 5.41) is 24.9. The van der Waals surface area contributed by atoms with Gasteiger partial charge in [-0.2, -0.15) is 0 Å². The van der Waals surface area contributed by atoms with Crippen molar-refractivity contribution in [2.24, 2.45) is 0 Å². The number of aromatic hydroxyl groups is 1. The number of nitro benzene ring substituents is 1. The van der Waals surface area contributed by atoms with Gasteiger partial charge in [-0.15, -0.1) is 0 Å². The average molecular weight is 239 g/mol. The number of benzene rings is 1. The third kappa shape index (κ3) is 3.33. The number of nitro groups is 1. The summed E-state index contributed by atoms with van der Waals surface area (Å²) >= 11 is 0. The molecule has 0 fully saturated rings. The zero-order valence-electron chi connectivity index (χ0n) is 9.27. The number of hydrogen-bond donors (Lipinski definition) is 3. The largest absolute Gasteiger partial charge is 0.505 e. The van der Waals surface area contributed by atoms with Gasteiger partial charge in [0.15, 0.2) is 5.69 Å². The second-order valence-corrected chi connectivity index (χ2v) is 3.31. The Morgan fingerprint density at radius 3 is 2.82 bits per heavy atom. The molecule has 0 saturated carbocycles. The summed E-state index contributed by atoms with van der Waals surface area (Å²) < 4.78 is 0. The molecule has 1 aromatic carbocycles. The maximum Gasteiger partial charge on any atom is 0.319 e. The highest BCUT2D eigenvalue weighted by atomic mass is 16.6. The van der Waals surface area contributed by atoms with Gasteiger partial charge in [0.25, 0.3) is 5.69 Å². The molecule has 0 aliphatic carbocycles. The Bertz CT molecular complexity index is 434. The number of phenols is 1. The third-order valence-corrected chi connectivity index (χ3v) is 1.99. The zero-order valence-corrected chi connectivity index (χ0v) is 9.27. The predicted molar refractivity (Wildman–Crippen MR) is 62.1 cm³/mol. The van der Waals surface area contributed by atoms with E-state index in [-0.39, 0.29) is 17.1 Å². The summed E-state index contributed by atoms with van der Waals surface area (Å²) in [6, 6.07) is 3.22. The summed E-state index contributed by atoms with van der Waals surface area (Å²) in [6.07, 6.45) is 0.746. The summed E-state index contributed by atoms with van der Waals surface area (Å²) in [4.78, 5) is 21.4. The molecule has 3 N–H and O–H groups in total. The molecule has 0 radical (unpaired) electrons. The number of phenolic OH excluding ortho intramolecular Hbond substituents is 1. The molecule has 0 aliphatic rings. The van der Waals surface area contributed by atoms with Crippen LogP contribution in [-0.2, 0) is 0 Å². The second-order valence-electron chi connectivity index (χ2n) is 3.31. The van der Waals surface area contributed by atoms with E-state index >= 15 is 0 Å². The Morgan fingerprint density at radius 2 is 2.24 bits per heavy atom. The number of carbonyl (C=O) groups is 1. The van der Waals surface area contributed by atoms with E-state index in [0.29, 0.717) is 6.54 Å². The Kier molecular flexibility index (Phi) is 4.27. The van der Waals surface area contributed by atoms with Gasteiger partial charge in [0, 0.05) is 12.6 Å². The summed E-state index contributed by atoms with van der Waals surface area (Å²) in [7, 11) is 0. The van der Waals surface area contributed by atoms with Gasteiger partial charge in [-0.3, -0.25) is 15.4 Å². The maximum absolute atomic E-state index is 11.3. The fourth-order valence-corrected chi connectivity index (χ4v) is 1.20. The zero-order chi connectivity index (χ0) is 12.8. The molecule has 0 spiro atoms. The van der Waals surface area contributed by atoms with Crippen LogP contribution < -0.4 is 10.6 Å². The molecule has 0 unspecified atom stereocenters. The van der Waals surface area contributed by atoms with Crippen LogP contribution in [0.15, 0.2) is 18.2 Å². The van der Waals surface area contributed by atoms with E-state index in [0.717, 1.165) is 6.42 Å². The lowest BCUT2D eigenvalue weighted by Gasteiger charge is -2.08. The van der Waals surface area contributed by atoms with E-state index in [2.05, 4.69) is 10.6 Å². The Labute approximate surface area is 97.6 Å². The molecular formula is C10H13N3O4. The van der Waals surface area contributed by atoms with Crippen LogP contribution in [0.2, 0.25) is 0 Å². The SMILES string of the molecule is CCCNC(=O)Nc1c(O)cccc1[N+](=O)[O-]. The van der Waals surface area contributed by atoms with E-state index in [9.17, 15) is 20.0 Å². The van der Waals surface area contributed by atoms with Crippen LogP contribution in [0.5, 0.6) is 5.75 Å². The summed E-state index contributed by atoms with van der Waals surface area (Å²) in [6.45, 7) is 2.33. The Balaban J connectivity index is 2.89. The molecule has 17 heavy (non-hydrogen) atoms. The fourth-order valence-electron chi connectivity index (χ4n) is 1.20. The van der Waals surface area contributed by atoms with E-state index < -0.39 is 11.0 Å². The first kappa shape index (κ1) is 12.8. The van der Waals surface area contributed by atoms with Crippen molar-refractivity contribution in [1.82, 2.24) is 5.32 Å². The number of urea groups is 1. The van der Waals surface area contributed by atoms with Gasteiger partial charge in [-0.25, -0.2) is 4.79 Å². The summed E-state index contributed by atoms with van der Waals surface area (Å²) in [5.74, 6) is -0.342. The van der Waals surface area contributed by atoms with Crippen molar-refractivity contribution in [2.45, 2.75) is 13.3 Å². The van der Waals surface area contributed by atoms with Crippen molar-refractivity contribution in [3.8, 4) is 5.75 Å². The van der Waals surface area contributed by atoms with Crippen molar-refractivity contribution < 1.29 is 14.8 Å². The lowest BCUT2D eigenvalue weighted by Crippen LogP contribution is -2.29. The van der Waals surface area contributed by atoms with Crippen LogP contribution in [0.25, 0.3) is 0 Å². The van der Waals surface area contributed by atoms with Crippen LogP contribution in [0.1, 0.15) is 13.3 Å². The molecule has 0 saturated heterocycles. The normalized spacial score (nSPS) is 9.71. The average Bonchev–Trinajstić information content (AvgIpc) is 2.28. The molecule has 2 amide bonds. The molecule has 0 heterocycles. The van der Waals surface area contributed by atoms with Crippen LogP contribution in [0.3, 0.4) is 0 Å². The fraction of sp³-hybridized carbons (Fsp3) is 0.300. The van der Waals surface area contributed by atoms with E-state index in [1.54, 1.807) is 0 Å². The van der Waals surface area contributed by atoms with Crippen LogP contribution >= 0.6 is 0 Å².